The van der Waals surface area contributed by atoms with E-state index in [1.807, 2.05) is 13.3 Å². The van der Waals surface area contributed by atoms with Crippen molar-refractivity contribution in [2.45, 2.75) is 11.0 Å². The van der Waals surface area contributed by atoms with Crippen molar-refractivity contribution in [2.75, 3.05) is 13.3 Å². The number of nitrogens with zero attached hydrogens (tertiary/aromatic N) is 3. The molecular weight excluding hydrogens is 292 g/mol. The van der Waals surface area contributed by atoms with Crippen molar-refractivity contribution in [3.63, 3.8) is 0 Å². The van der Waals surface area contributed by atoms with Gasteiger partial charge in [0.25, 0.3) is 0 Å². The molecule has 1 fully saturated rings. The number of nitrogens with one attached hydrogen (secondary N) is 1. The van der Waals surface area contributed by atoms with Crippen LogP contribution in [0.25, 0.3) is 0 Å². The van der Waals surface area contributed by atoms with Gasteiger partial charge < -0.3 is 5.11 Å². The molecule has 0 spiro atoms. The Morgan fingerprint density at radius 3 is 2.94 bits per heavy atom. The number of phenols is 1. The second-order valence-electron chi connectivity index (χ2n) is 3.67. The second-order valence-corrected chi connectivity index (χ2v) is 5.88. The molecule has 1 aromatic carbocycles. The van der Waals surface area contributed by atoms with Crippen LogP contribution in [0.3, 0.4) is 0 Å². The van der Waals surface area contributed by atoms with Crippen LogP contribution in [-0.4, -0.2) is 34.3 Å². The summed E-state index contributed by atoms with van der Waals surface area (Å²) < 4.78 is 3.25. The molecule has 8 heteroatoms. The molecule has 1 aliphatic heterocycles. The van der Waals surface area contributed by atoms with Gasteiger partial charge in [-0.15, -0.1) is 11.8 Å². The SMILES string of the molecule is CSC1NSC(N=Nc2ccc(O)c(Cl)c2)N1C. The first kappa shape index (κ1) is 14.0. The quantitative estimate of drug-likeness (QED) is 0.663. The van der Waals surface area contributed by atoms with Gasteiger partial charge in [-0.05, 0) is 43.5 Å². The average molecular weight is 305 g/mol. The van der Waals surface area contributed by atoms with Gasteiger partial charge in [-0.3, -0.25) is 0 Å². The third-order valence-electron chi connectivity index (χ3n) is 2.42. The molecule has 0 saturated carbocycles. The minimum absolute atomic E-state index is 0.0482. The molecule has 2 rings (SSSR count). The van der Waals surface area contributed by atoms with Gasteiger partial charge in [0.05, 0.1) is 10.7 Å². The number of rotatable bonds is 3. The van der Waals surface area contributed by atoms with Crippen molar-refractivity contribution in [3.8, 4) is 5.75 Å². The predicted octanol–water partition coefficient (Wildman–Crippen LogP) is 3.24. The summed E-state index contributed by atoms with van der Waals surface area (Å²) in [6.07, 6.45) is 2.04. The maximum absolute atomic E-state index is 9.30. The monoisotopic (exact) mass is 304 g/mol. The number of phenolic OH excluding ortho intramolecular Hbond substituents is 1. The summed E-state index contributed by atoms with van der Waals surface area (Å²) in [5.74, 6) is 0.0482. The Kier molecular flexibility index (Phi) is 4.74. The fourth-order valence-electron chi connectivity index (χ4n) is 1.39. The van der Waals surface area contributed by atoms with Gasteiger partial charge in [0.2, 0.25) is 0 Å². The Hall–Kier alpha value is -0.470. The van der Waals surface area contributed by atoms with Crippen LogP contribution >= 0.6 is 35.3 Å². The topological polar surface area (TPSA) is 60.2 Å². The van der Waals surface area contributed by atoms with Crippen molar-refractivity contribution in [1.29, 1.82) is 0 Å². The van der Waals surface area contributed by atoms with E-state index >= 15 is 0 Å². The van der Waals surface area contributed by atoms with E-state index in [0.717, 1.165) is 0 Å². The van der Waals surface area contributed by atoms with E-state index in [4.69, 9.17) is 11.6 Å². The van der Waals surface area contributed by atoms with Gasteiger partial charge in [0.15, 0.2) is 5.50 Å². The number of hydrogen-bond donors (Lipinski definition) is 2. The number of azo groups is 1. The molecule has 5 nitrogen and oxygen atoms in total. The van der Waals surface area contributed by atoms with E-state index in [9.17, 15) is 5.11 Å². The number of hydrogen-bond acceptors (Lipinski definition) is 7. The summed E-state index contributed by atoms with van der Waals surface area (Å²) in [5, 5.41) is 17.9. The molecule has 0 aliphatic carbocycles. The molecule has 98 valence electrons. The third kappa shape index (κ3) is 3.10. The minimum atomic E-state index is -0.0602. The summed E-state index contributed by atoms with van der Waals surface area (Å²) in [7, 11) is 1.99. The van der Waals surface area contributed by atoms with E-state index in [1.165, 1.54) is 18.0 Å². The highest BCUT2D eigenvalue weighted by molar-refractivity contribution is 8.02. The molecule has 2 unspecified atom stereocenters. The molecule has 1 aromatic rings. The summed E-state index contributed by atoms with van der Waals surface area (Å²) in [5.41, 5.74) is 0.803. The lowest BCUT2D eigenvalue weighted by Crippen LogP contribution is -2.31. The molecule has 1 heterocycles. The number of benzene rings is 1. The largest absolute Gasteiger partial charge is 0.506 e. The first-order valence-electron chi connectivity index (χ1n) is 5.17. The van der Waals surface area contributed by atoms with E-state index in [1.54, 1.807) is 23.9 Å². The van der Waals surface area contributed by atoms with Gasteiger partial charge in [0, 0.05) is 0 Å². The average Bonchev–Trinajstić information content (AvgIpc) is 2.72. The van der Waals surface area contributed by atoms with Crippen LogP contribution < -0.4 is 4.72 Å². The fourth-order valence-corrected chi connectivity index (χ4v) is 3.43. The number of thioether (sulfide) groups is 1. The summed E-state index contributed by atoms with van der Waals surface area (Å²) in [6.45, 7) is 0. The Balaban J connectivity index is 2.05. The van der Waals surface area contributed by atoms with Crippen molar-refractivity contribution >= 4 is 41.0 Å². The van der Waals surface area contributed by atoms with Crippen LogP contribution in [0.2, 0.25) is 5.02 Å². The fraction of sp³-hybridized carbons (Fsp3) is 0.400. The Bertz CT molecular complexity index is 460. The number of aromatic hydroxyl groups is 1. The minimum Gasteiger partial charge on any atom is -0.506 e. The lowest BCUT2D eigenvalue weighted by molar-refractivity contribution is 0.313. The molecular formula is C10H13ClN4OS2. The summed E-state index contributed by atoms with van der Waals surface area (Å²) >= 11 is 9.03. The van der Waals surface area contributed by atoms with Crippen LogP contribution in [0.15, 0.2) is 28.4 Å². The lowest BCUT2D eigenvalue weighted by atomic mass is 10.3. The molecule has 1 aliphatic rings. The van der Waals surface area contributed by atoms with Crippen LogP contribution in [0.5, 0.6) is 5.75 Å². The van der Waals surface area contributed by atoms with E-state index in [2.05, 4.69) is 19.9 Å². The summed E-state index contributed by atoms with van der Waals surface area (Å²) in [4.78, 5) is 2.08. The highest BCUT2D eigenvalue weighted by atomic mass is 35.5. The predicted molar refractivity (Wildman–Crippen MR) is 77.2 cm³/mol. The second kappa shape index (κ2) is 6.12. The summed E-state index contributed by atoms with van der Waals surface area (Å²) in [6, 6.07) is 4.76. The normalized spacial score (nSPS) is 25.1. The molecule has 2 N–H and O–H groups in total. The van der Waals surface area contributed by atoms with Gasteiger partial charge >= 0.3 is 0 Å². The van der Waals surface area contributed by atoms with Gasteiger partial charge in [-0.1, -0.05) is 11.6 Å². The Labute approximate surface area is 119 Å². The van der Waals surface area contributed by atoms with Crippen molar-refractivity contribution in [2.24, 2.45) is 10.2 Å². The highest BCUT2D eigenvalue weighted by Crippen LogP contribution is 2.31. The lowest BCUT2D eigenvalue weighted by Gasteiger charge is -2.17. The molecule has 1 saturated heterocycles. The van der Waals surface area contributed by atoms with Crippen LogP contribution in [0.1, 0.15) is 0 Å². The standard InChI is InChI=1S/C10H13ClN4OS2/c1-15-9(18-14-10(15)17-2)13-12-6-3-4-8(16)7(11)5-6/h3-5,9-10,14,16H,1-2H3. The van der Waals surface area contributed by atoms with Gasteiger partial charge in [-0.2, -0.15) is 10.2 Å². The molecule has 2 atom stereocenters. The first-order valence-corrected chi connectivity index (χ1v) is 7.71. The zero-order valence-corrected chi connectivity index (χ0v) is 12.3. The Morgan fingerprint density at radius 2 is 2.33 bits per heavy atom. The molecule has 0 aromatic heterocycles. The highest BCUT2D eigenvalue weighted by Gasteiger charge is 2.30. The van der Waals surface area contributed by atoms with Crippen molar-refractivity contribution in [3.05, 3.63) is 23.2 Å². The molecule has 0 amide bonds. The molecule has 0 bridgehead atoms. The van der Waals surface area contributed by atoms with Gasteiger partial charge in [-0.25, -0.2) is 9.62 Å². The van der Waals surface area contributed by atoms with Crippen LogP contribution in [0.4, 0.5) is 5.69 Å². The van der Waals surface area contributed by atoms with E-state index < -0.39 is 0 Å². The smallest absolute Gasteiger partial charge is 0.186 e. The van der Waals surface area contributed by atoms with Crippen LogP contribution in [-0.2, 0) is 0 Å². The molecule has 0 radical (unpaired) electrons. The van der Waals surface area contributed by atoms with E-state index in [-0.39, 0.29) is 21.8 Å². The van der Waals surface area contributed by atoms with Gasteiger partial charge in [0.1, 0.15) is 11.2 Å². The first-order chi connectivity index (χ1) is 8.61. The number of halogens is 1. The van der Waals surface area contributed by atoms with Crippen LogP contribution in [0, 0.1) is 0 Å². The van der Waals surface area contributed by atoms with E-state index in [0.29, 0.717) is 5.69 Å². The third-order valence-corrected chi connectivity index (χ3v) is 4.76. The molecule has 18 heavy (non-hydrogen) atoms. The maximum atomic E-state index is 9.30. The van der Waals surface area contributed by atoms with Crippen molar-refractivity contribution < 1.29 is 5.11 Å². The zero-order valence-electron chi connectivity index (χ0n) is 9.87. The maximum Gasteiger partial charge on any atom is 0.186 e. The Morgan fingerprint density at radius 1 is 1.56 bits per heavy atom. The zero-order chi connectivity index (χ0) is 13.1. The van der Waals surface area contributed by atoms with Crippen molar-refractivity contribution in [1.82, 2.24) is 9.62 Å².